The SMILES string of the molecule is COCCn1c(C(=O)NCCc2cnc[nH]2)cc2cc(Cl)ccc21. The van der Waals surface area contributed by atoms with Crippen molar-refractivity contribution in [1.82, 2.24) is 19.9 Å². The third kappa shape index (κ3) is 3.60. The summed E-state index contributed by atoms with van der Waals surface area (Å²) in [5.74, 6) is -0.113. The van der Waals surface area contributed by atoms with Gasteiger partial charge in [-0.25, -0.2) is 4.98 Å². The molecule has 2 aromatic heterocycles. The maximum atomic E-state index is 12.6. The third-order valence-corrected chi connectivity index (χ3v) is 4.08. The minimum absolute atomic E-state index is 0.113. The molecule has 2 N–H and O–H groups in total. The monoisotopic (exact) mass is 346 g/mol. The van der Waals surface area contributed by atoms with Gasteiger partial charge in [-0.05, 0) is 24.3 Å². The van der Waals surface area contributed by atoms with Crippen molar-refractivity contribution in [2.45, 2.75) is 13.0 Å². The van der Waals surface area contributed by atoms with Crippen LogP contribution in [0.4, 0.5) is 0 Å². The molecule has 126 valence electrons. The Kier molecular flexibility index (Phi) is 5.17. The van der Waals surface area contributed by atoms with E-state index in [1.165, 1.54) is 0 Å². The van der Waals surface area contributed by atoms with Gasteiger partial charge in [0.2, 0.25) is 0 Å². The third-order valence-electron chi connectivity index (χ3n) is 3.85. The highest BCUT2D eigenvalue weighted by molar-refractivity contribution is 6.31. The smallest absolute Gasteiger partial charge is 0.267 e. The van der Waals surface area contributed by atoms with Gasteiger partial charge in [-0.1, -0.05) is 11.6 Å². The van der Waals surface area contributed by atoms with E-state index in [0.717, 1.165) is 16.6 Å². The average Bonchev–Trinajstić information content (AvgIpc) is 3.20. The van der Waals surface area contributed by atoms with Gasteiger partial charge in [-0.2, -0.15) is 0 Å². The first-order chi connectivity index (χ1) is 11.7. The molecule has 0 saturated heterocycles. The van der Waals surface area contributed by atoms with Gasteiger partial charge in [0, 0.05) is 54.4 Å². The molecule has 0 spiro atoms. The predicted molar refractivity (Wildman–Crippen MR) is 93.4 cm³/mol. The number of benzene rings is 1. The number of nitrogens with one attached hydrogen (secondary N) is 2. The summed E-state index contributed by atoms with van der Waals surface area (Å²) in [5.41, 5.74) is 2.56. The van der Waals surface area contributed by atoms with Crippen LogP contribution in [0.15, 0.2) is 36.8 Å². The van der Waals surface area contributed by atoms with Gasteiger partial charge < -0.3 is 19.6 Å². The van der Waals surface area contributed by atoms with E-state index in [4.69, 9.17) is 16.3 Å². The molecule has 2 heterocycles. The van der Waals surface area contributed by atoms with Crippen LogP contribution in [0.5, 0.6) is 0 Å². The molecule has 0 atom stereocenters. The molecular formula is C17H19ClN4O2. The van der Waals surface area contributed by atoms with E-state index < -0.39 is 0 Å². The van der Waals surface area contributed by atoms with Gasteiger partial charge in [0.25, 0.3) is 5.91 Å². The summed E-state index contributed by atoms with van der Waals surface area (Å²) >= 11 is 6.06. The van der Waals surface area contributed by atoms with Crippen molar-refractivity contribution in [2.24, 2.45) is 0 Å². The number of hydrogen-bond donors (Lipinski definition) is 2. The maximum Gasteiger partial charge on any atom is 0.267 e. The molecule has 3 rings (SSSR count). The van der Waals surface area contributed by atoms with E-state index in [0.29, 0.717) is 36.8 Å². The second kappa shape index (κ2) is 7.51. The molecule has 1 amide bonds. The van der Waals surface area contributed by atoms with Gasteiger partial charge in [0.05, 0.1) is 12.9 Å². The molecule has 1 aromatic carbocycles. The summed E-state index contributed by atoms with van der Waals surface area (Å²) in [7, 11) is 1.65. The Labute approximate surface area is 144 Å². The number of hydrogen-bond acceptors (Lipinski definition) is 3. The fourth-order valence-electron chi connectivity index (χ4n) is 2.68. The summed E-state index contributed by atoms with van der Waals surface area (Å²) in [5, 5.41) is 4.54. The largest absolute Gasteiger partial charge is 0.383 e. The van der Waals surface area contributed by atoms with Crippen molar-refractivity contribution in [1.29, 1.82) is 0 Å². The number of amides is 1. The van der Waals surface area contributed by atoms with Gasteiger partial charge in [-0.15, -0.1) is 0 Å². The Morgan fingerprint density at radius 2 is 2.29 bits per heavy atom. The van der Waals surface area contributed by atoms with Crippen LogP contribution in [0.2, 0.25) is 5.02 Å². The number of H-pyrrole nitrogens is 1. The number of halogens is 1. The summed E-state index contributed by atoms with van der Waals surface area (Å²) < 4.78 is 7.12. The molecule has 0 aliphatic heterocycles. The highest BCUT2D eigenvalue weighted by atomic mass is 35.5. The number of aromatic amines is 1. The van der Waals surface area contributed by atoms with Crippen LogP contribution in [0.1, 0.15) is 16.2 Å². The molecule has 6 nitrogen and oxygen atoms in total. The van der Waals surface area contributed by atoms with E-state index in [1.54, 1.807) is 19.6 Å². The minimum Gasteiger partial charge on any atom is -0.383 e. The fraction of sp³-hybridized carbons (Fsp3) is 0.294. The summed E-state index contributed by atoms with van der Waals surface area (Å²) in [6.45, 7) is 1.67. The molecule has 0 radical (unpaired) electrons. The number of ether oxygens (including phenoxy) is 1. The van der Waals surface area contributed by atoms with Crippen LogP contribution in [0, 0.1) is 0 Å². The zero-order valence-electron chi connectivity index (χ0n) is 13.4. The number of nitrogens with zero attached hydrogens (tertiary/aromatic N) is 2. The lowest BCUT2D eigenvalue weighted by molar-refractivity contribution is 0.0942. The second-order valence-electron chi connectivity index (χ2n) is 5.46. The van der Waals surface area contributed by atoms with Crippen LogP contribution in [0.3, 0.4) is 0 Å². The topological polar surface area (TPSA) is 71.9 Å². The van der Waals surface area contributed by atoms with E-state index in [9.17, 15) is 4.79 Å². The zero-order valence-corrected chi connectivity index (χ0v) is 14.1. The molecule has 3 aromatic rings. The lowest BCUT2D eigenvalue weighted by Gasteiger charge is -2.10. The van der Waals surface area contributed by atoms with Crippen LogP contribution < -0.4 is 5.32 Å². The van der Waals surface area contributed by atoms with E-state index in [-0.39, 0.29) is 5.91 Å². The molecule has 0 bridgehead atoms. The first-order valence-electron chi connectivity index (χ1n) is 7.72. The standard InChI is InChI=1S/C17H19ClN4O2/c1-24-7-6-22-15-3-2-13(18)8-12(15)9-16(22)17(23)20-5-4-14-10-19-11-21-14/h2-3,8-11H,4-7H2,1H3,(H,19,21)(H,20,23). The Hall–Kier alpha value is -2.31. The first kappa shape index (κ1) is 16.5. The number of fused-ring (bicyclic) bond motifs is 1. The van der Waals surface area contributed by atoms with Gasteiger partial charge >= 0.3 is 0 Å². The van der Waals surface area contributed by atoms with Crippen LogP contribution in [-0.2, 0) is 17.7 Å². The number of imidazole rings is 1. The number of carbonyl (C=O) groups excluding carboxylic acids is 1. The summed E-state index contributed by atoms with van der Waals surface area (Å²) in [4.78, 5) is 19.6. The van der Waals surface area contributed by atoms with Crippen LogP contribution in [-0.4, -0.2) is 40.7 Å². The van der Waals surface area contributed by atoms with Crippen molar-refractivity contribution >= 4 is 28.4 Å². The fourth-order valence-corrected chi connectivity index (χ4v) is 2.86. The van der Waals surface area contributed by atoms with Crippen molar-refractivity contribution in [3.63, 3.8) is 0 Å². The van der Waals surface area contributed by atoms with Crippen LogP contribution >= 0.6 is 11.6 Å². The lowest BCUT2D eigenvalue weighted by atomic mass is 10.2. The van der Waals surface area contributed by atoms with Crippen molar-refractivity contribution in [3.8, 4) is 0 Å². The Bertz CT molecular complexity index is 827. The quantitative estimate of drug-likeness (QED) is 0.690. The zero-order chi connectivity index (χ0) is 16.9. The molecule has 0 aliphatic rings. The first-order valence-corrected chi connectivity index (χ1v) is 8.10. The maximum absolute atomic E-state index is 12.6. The lowest BCUT2D eigenvalue weighted by Crippen LogP contribution is -2.28. The molecule has 0 fully saturated rings. The molecule has 7 heteroatoms. The number of carbonyl (C=O) groups is 1. The normalized spacial score (nSPS) is 11.1. The number of rotatable bonds is 7. The molecular weight excluding hydrogens is 328 g/mol. The highest BCUT2D eigenvalue weighted by Crippen LogP contribution is 2.23. The summed E-state index contributed by atoms with van der Waals surface area (Å²) in [6.07, 6.45) is 4.09. The molecule has 0 saturated carbocycles. The summed E-state index contributed by atoms with van der Waals surface area (Å²) in [6, 6.07) is 7.48. The van der Waals surface area contributed by atoms with E-state index in [2.05, 4.69) is 15.3 Å². The second-order valence-corrected chi connectivity index (χ2v) is 5.90. The van der Waals surface area contributed by atoms with E-state index >= 15 is 0 Å². The molecule has 0 aliphatic carbocycles. The molecule has 0 unspecified atom stereocenters. The molecule has 24 heavy (non-hydrogen) atoms. The Morgan fingerprint density at radius 1 is 1.42 bits per heavy atom. The number of methoxy groups -OCH3 is 1. The van der Waals surface area contributed by atoms with Crippen molar-refractivity contribution in [2.75, 3.05) is 20.3 Å². The minimum atomic E-state index is -0.113. The van der Waals surface area contributed by atoms with Crippen LogP contribution in [0.25, 0.3) is 10.9 Å². The van der Waals surface area contributed by atoms with Gasteiger partial charge in [0.15, 0.2) is 0 Å². The predicted octanol–water partition coefficient (Wildman–Crippen LogP) is 2.64. The van der Waals surface area contributed by atoms with Gasteiger partial charge in [0.1, 0.15) is 5.69 Å². The Balaban J connectivity index is 1.79. The van der Waals surface area contributed by atoms with Crippen molar-refractivity contribution < 1.29 is 9.53 Å². The Morgan fingerprint density at radius 3 is 3.04 bits per heavy atom. The van der Waals surface area contributed by atoms with Crippen molar-refractivity contribution in [3.05, 3.63) is 53.2 Å². The van der Waals surface area contributed by atoms with Gasteiger partial charge in [-0.3, -0.25) is 4.79 Å². The highest BCUT2D eigenvalue weighted by Gasteiger charge is 2.15. The number of aromatic nitrogens is 3. The van der Waals surface area contributed by atoms with E-state index in [1.807, 2.05) is 28.8 Å². The average molecular weight is 347 g/mol.